The van der Waals surface area contributed by atoms with Crippen LogP contribution in [0.25, 0.3) is 11.5 Å². The summed E-state index contributed by atoms with van der Waals surface area (Å²) in [6.07, 6.45) is 0. The van der Waals surface area contributed by atoms with Gasteiger partial charge in [0.15, 0.2) is 0 Å². The van der Waals surface area contributed by atoms with Gasteiger partial charge in [-0.15, -0.1) is 10.2 Å². The molecule has 27 heavy (non-hydrogen) atoms. The first-order valence-electron chi connectivity index (χ1n) is 8.14. The first-order chi connectivity index (χ1) is 13.0. The van der Waals surface area contributed by atoms with Crippen molar-refractivity contribution in [1.29, 1.82) is 0 Å². The third-order valence-electron chi connectivity index (χ3n) is 3.80. The van der Waals surface area contributed by atoms with Crippen LogP contribution in [0.4, 0.5) is 0 Å². The summed E-state index contributed by atoms with van der Waals surface area (Å²) in [4.78, 5) is 14.0. The molecule has 140 valence electrons. The van der Waals surface area contributed by atoms with Crippen LogP contribution in [0.3, 0.4) is 0 Å². The molecule has 0 spiro atoms. The lowest BCUT2D eigenvalue weighted by atomic mass is 10.2. The van der Waals surface area contributed by atoms with Gasteiger partial charge in [0, 0.05) is 24.2 Å². The molecule has 0 saturated heterocycles. The Balaban J connectivity index is 1.55. The Morgan fingerprint density at radius 2 is 2.00 bits per heavy atom. The molecule has 0 atom stereocenters. The van der Waals surface area contributed by atoms with Gasteiger partial charge < -0.3 is 14.1 Å². The van der Waals surface area contributed by atoms with Crippen LogP contribution in [0.5, 0.6) is 5.75 Å². The summed E-state index contributed by atoms with van der Waals surface area (Å²) < 4.78 is 10.7. The Hall–Kier alpha value is -2.51. The number of aromatic nitrogens is 2. The number of halogens is 1. The summed E-state index contributed by atoms with van der Waals surface area (Å²) in [6.45, 7) is 0.487. The summed E-state index contributed by atoms with van der Waals surface area (Å²) in [6, 6.07) is 14.8. The van der Waals surface area contributed by atoms with E-state index in [1.807, 2.05) is 42.5 Å². The largest absolute Gasteiger partial charge is 0.497 e. The SMILES string of the molecule is COc1ccc(-c2nnc(SCC(=O)N(C)Cc3cccc(Cl)c3)o2)cc1. The first kappa shape index (κ1) is 19.3. The maximum Gasteiger partial charge on any atom is 0.277 e. The fourth-order valence-electron chi connectivity index (χ4n) is 2.35. The predicted octanol–water partition coefficient (Wildman–Crippen LogP) is 4.15. The van der Waals surface area contributed by atoms with Crippen LogP contribution < -0.4 is 4.74 Å². The Morgan fingerprint density at radius 1 is 1.22 bits per heavy atom. The number of amides is 1. The van der Waals surface area contributed by atoms with E-state index >= 15 is 0 Å². The second kappa shape index (κ2) is 8.92. The number of thioether (sulfide) groups is 1. The highest BCUT2D eigenvalue weighted by molar-refractivity contribution is 7.99. The van der Waals surface area contributed by atoms with Gasteiger partial charge in [-0.25, -0.2) is 0 Å². The zero-order valence-corrected chi connectivity index (χ0v) is 16.5. The minimum absolute atomic E-state index is 0.0378. The van der Waals surface area contributed by atoms with E-state index in [1.54, 1.807) is 25.1 Å². The first-order valence-corrected chi connectivity index (χ1v) is 9.50. The molecular formula is C19H18ClN3O3S. The van der Waals surface area contributed by atoms with E-state index in [9.17, 15) is 4.79 Å². The van der Waals surface area contributed by atoms with E-state index in [4.69, 9.17) is 20.8 Å². The number of carbonyl (C=O) groups is 1. The maximum absolute atomic E-state index is 12.3. The lowest BCUT2D eigenvalue weighted by molar-refractivity contribution is -0.127. The molecule has 0 aliphatic heterocycles. The van der Waals surface area contributed by atoms with Crippen LogP contribution >= 0.6 is 23.4 Å². The van der Waals surface area contributed by atoms with Crippen LogP contribution in [0.1, 0.15) is 5.56 Å². The monoisotopic (exact) mass is 403 g/mol. The molecule has 6 nitrogen and oxygen atoms in total. The van der Waals surface area contributed by atoms with Crippen molar-refractivity contribution in [2.45, 2.75) is 11.8 Å². The molecule has 1 heterocycles. The predicted molar refractivity (Wildman–Crippen MR) is 105 cm³/mol. The summed E-state index contributed by atoms with van der Waals surface area (Å²) >= 11 is 7.19. The molecule has 1 amide bonds. The number of carbonyl (C=O) groups excluding carboxylic acids is 1. The van der Waals surface area contributed by atoms with Crippen molar-refractivity contribution in [2.75, 3.05) is 19.9 Å². The average molecular weight is 404 g/mol. The van der Waals surface area contributed by atoms with Crippen molar-refractivity contribution in [1.82, 2.24) is 15.1 Å². The fraction of sp³-hybridized carbons (Fsp3) is 0.211. The molecular weight excluding hydrogens is 386 g/mol. The second-order valence-corrected chi connectivity index (χ2v) is 7.13. The number of methoxy groups -OCH3 is 1. The Labute approximate surface area is 166 Å². The third kappa shape index (κ3) is 5.24. The summed E-state index contributed by atoms with van der Waals surface area (Å²) in [5.74, 6) is 1.33. The van der Waals surface area contributed by atoms with Crippen LogP contribution in [-0.2, 0) is 11.3 Å². The van der Waals surface area contributed by atoms with Crippen molar-refractivity contribution in [3.05, 3.63) is 59.1 Å². The van der Waals surface area contributed by atoms with Gasteiger partial charge in [-0.1, -0.05) is 35.5 Å². The third-order valence-corrected chi connectivity index (χ3v) is 4.84. The number of hydrogen-bond acceptors (Lipinski definition) is 6. The zero-order chi connectivity index (χ0) is 19.2. The van der Waals surface area contributed by atoms with Crippen LogP contribution in [0.2, 0.25) is 5.02 Å². The number of rotatable bonds is 7. The molecule has 0 saturated carbocycles. The molecule has 3 rings (SSSR count). The van der Waals surface area contributed by atoms with Gasteiger partial charge in [0.2, 0.25) is 11.8 Å². The van der Waals surface area contributed by atoms with Gasteiger partial charge in [0.05, 0.1) is 12.9 Å². The molecule has 0 radical (unpaired) electrons. The molecule has 0 unspecified atom stereocenters. The highest BCUT2D eigenvalue weighted by Gasteiger charge is 2.14. The molecule has 0 aliphatic carbocycles. The van der Waals surface area contributed by atoms with Gasteiger partial charge >= 0.3 is 0 Å². The van der Waals surface area contributed by atoms with Gasteiger partial charge in [-0.2, -0.15) is 0 Å². The molecule has 0 bridgehead atoms. The van der Waals surface area contributed by atoms with E-state index in [-0.39, 0.29) is 11.7 Å². The Morgan fingerprint density at radius 3 is 2.70 bits per heavy atom. The Kier molecular flexibility index (Phi) is 6.36. The summed E-state index contributed by atoms with van der Waals surface area (Å²) in [5, 5.41) is 9.02. The standard InChI is InChI=1S/C19H18ClN3O3S/c1-23(11-13-4-3-5-15(20)10-13)17(24)12-27-19-22-21-18(26-19)14-6-8-16(25-2)9-7-14/h3-10H,11-12H2,1-2H3. The van der Waals surface area contributed by atoms with Gasteiger partial charge in [0.1, 0.15) is 5.75 Å². The molecule has 0 fully saturated rings. The van der Waals surface area contributed by atoms with Crippen molar-refractivity contribution >= 4 is 29.3 Å². The molecule has 1 aromatic heterocycles. The highest BCUT2D eigenvalue weighted by Crippen LogP contribution is 2.25. The summed E-state index contributed by atoms with van der Waals surface area (Å²) in [5.41, 5.74) is 1.77. The molecule has 0 aliphatic rings. The number of benzene rings is 2. The number of ether oxygens (including phenoxy) is 1. The minimum Gasteiger partial charge on any atom is -0.497 e. The van der Waals surface area contributed by atoms with Crippen LogP contribution in [0.15, 0.2) is 58.2 Å². The summed E-state index contributed by atoms with van der Waals surface area (Å²) in [7, 11) is 3.36. The van der Waals surface area contributed by atoms with Gasteiger partial charge in [-0.05, 0) is 42.0 Å². The number of hydrogen-bond donors (Lipinski definition) is 0. The van der Waals surface area contributed by atoms with Crippen molar-refractivity contribution in [3.63, 3.8) is 0 Å². The topological polar surface area (TPSA) is 68.5 Å². The highest BCUT2D eigenvalue weighted by atomic mass is 35.5. The van der Waals surface area contributed by atoms with Crippen LogP contribution in [0, 0.1) is 0 Å². The van der Waals surface area contributed by atoms with E-state index in [2.05, 4.69) is 10.2 Å². The van der Waals surface area contributed by atoms with Crippen LogP contribution in [-0.4, -0.2) is 40.9 Å². The van der Waals surface area contributed by atoms with E-state index in [0.29, 0.717) is 22.7 Å². The van der Waals surface area contributed by atoms with Gasteiger partial charge in [0.25, 0.3) is 5.22 Å². The van der Waals surface area contributed by atoms with E-state index in [1.165, 1.54) is 11.8 Å². The molecule has 8 heteroatoms. The average Bonchev–Trinajstić information content (AvgIpc) is 3.15. The lowest BCUT2D eigenvalue weighted by Crippen LogP contribution is -2.27. The normalized spacial score (nSPS) is 10.6. The smallest absolute Gasteiger partial charge is 0.277 e. The minimum atomic E-state index is -0.0378. The van der Waals surface area contributed by atoms with E-state index in [0.717, 1.165) is 16.9 Å². The van der Waals surface area contributed by atoms with Crippen molar-refractivity contribution in [3.8, 4) is 17.2 Å². The maximum atomic E-state index is 12.3. The Bertz CT molecular complexity index is 915. The molecule has 0 N–H and O–H groups in total. The molecule has 2 aromatic carbocycles. The van der Waals surface area contributed by atoms with E-state index < -0.39 is 0 Å². The molecule has 3 aromatic rings. The van der Waals surface area contributed by atoms with Crippen molar-refractivity contribution < 1.29 is 13.9 Å². The zero-order valence-electron chi connectivity index (χ0n) is 14.9. The van der Waals surface area contributed by atoms with Gasteiger partial charge in [-0.3, -0.25) is 4.79 Å². The second-order valence-electron chi connectivity index (χ2n) is 5.77. The quantitative estimate of drug-likeness (QED) is 0.552. The number of nitrogens with zero attached hydrogens (tertiary/aromatic N) is 3. The lowest BCUT2D eigenvalue weighted by Gasteiger charge is -2.16. The van der Waals surface area contributed by atoms with Crippen molar-refractivity contribution in [2.24, 2.45) is 0 Å². The fourth-order valence-corrected chi connectivity index (χ4v) is 3.27.